The van der Waals surface area contributed by atoms with Gasteiger partial charge in [-0.25, -0.2) is 4.98 Å². The van der Waals surface area contributed by atoms with E-state index >= 15 is 0 Å². The fourth-order valence-electron chi connectivity index (χ4n) is 4.28. The summed E-state index contributed by atoms with van der Waals surface area (Å²) in [5.41, 5.74) is 5.25. The van der Waals surface area contributed by atoms with E-state index in [9.17, 15) is 4.79 Å². The fourth-order valence-corrected chi connectivity index (χ4v) is 4.28. The molecule has 0 spiro atoms. The van der Waals surface area contributed by atoms with Crippen molar-refractivity contribution >= 4 is 22.6 Å². The number of carbonyl (C=O) groups is 1. The van der Waals surface area contributed by atoms with Crippen molar-refractivity contribution in [3.8, 4) is 0 Å². The van der Waals surface area contributed by atoms with Gasteiger partial charge in [-0.05, 0) is 55.3 Å². The summed E-state index contributed by atoms with van der Waals surface area (Å²) < 4.78 is 5.67. The molecule has 6 heteroatoms. The van der Waals surface area contributed by atoms with Gasteiger partial charge in [0.2, 0.25) is 0 Å². The van der Waals surface area contributed by atoms with Gasteiger partial charge < -0.3 is 14.6 Å². The maximum Gasteiger partial charge on any atom is 0.255 e. The van der Waals surface area contributed by atoms with Crippen LogP contribution in [0.4, 0.5) is 0 Å². The first-order valence-corrected chi connectivity index (χ1v) is 10.6. The standard InChI is InChI=1S/C25H26N4O2/c1-17-27-22-10-7-19(13-23(22)31-17)18-5-4-6-20-8-9-21(15-29(20)24(30)14-18)28-12-11-26-25(2,3)16-28/h4-10,13-15,26H,11-12,16H2,1-3H3/b5-4+,18-14+,20-6+. The lowest BCUT2D eigenvalue weighted by Gasteiger charge is -2.42. The molecule has 1 saturated heterocycles. The zero-order valence-corrected chi connectivity index (χ0v) is 18.1. The molecule has 4 heterocycles. The molecule has 3 aliphatic rings. The number of amides is 1. The summed E-state index contributed by atoms with van der Waals surface area (Å²) in [6.45, 7) is 8.96. The number of rotatable bonds is 2. The molecule has 0 bridgehead atoms. The quantitative estimate of drug-likeness (QED) is 0.808. The molecule has 3 aliphatic heterocycles. The molecule has 1 fully saturated rings. The predicted octanol–water partition coefficient (Wildman–Crippen LogP) is 3.90. The Morgan fingerprint density at radius 3 is 2.84 bits per heavy atom. The van der Waals surface area contributed by atoms with Crippen LogP contribution in [0.5, 0.6) is 0 Å². The van der Waals surface area contributed by atoms with Crippen LogP contribution >= 0.6 is 0 Å². The highest BCUT2D eigenvalue weighted by atomic mass is 16.3. The number of piperazine rings is 1. The van der Waals surface area contributed by atoms with Gasteiger partial charge in [0.05, 0.1) is 5.70 Å². The van der Waals surface area contributed by atoms with Crippen molar-refractivity contribution in [1.29, 1.82) is 0 Å². The second-order valence-electron chi connectivity index (χ2n) is 8.79. The number of hydrogen-bond acceptors (Lipinski definition) is 5. The van der Waals surface area contributed by atoms with Gasteiger partial charge in [0.15, 0.2) is 11.5 Å². The molecule has 0 unspecified atom stereocenters. The first kappa shape index (κ1) is 19.6. The summed E-state index contributed by atoms with van der Waals surface area (Å²) in [6, 6.07) is 5.83. The van der Waals surface area contributed by atoms with Crippen LogP contribution in [0.15, 0.2) is 76.7 Å². The van der Waals surface area contributed by atoms with Crippen molar-refractivity contribution in [2.75, 3.05) is 19.6 Å². The third-order valence-corrected chi connectivity index (χ3v) is 5.79. The van der Waals surface area contributed by atoms with E-state index in [-0.39, 0.29) is 11.4 Å². The van der Waals surface area contributed by atoms with Gasteiger partial charge in [0.1, 0.15) is 5.52 Å². The zero-order chi connectivity index (χ0) is 21.6. The lowest BCUT2D eigenvalue weighted by molar-refractivity contribution is -0.122. The van der Waals surface area contributed by atoms with Gasteiger partial charge in [-0.1, -0.05) is 18.2 Å². The number of allylic oxidation sites excluding steroid dienone is 6. The third kappa shape index (κ3) is 3.86. The Labute approximate surface area is 181 Å². The SMILES string of the molecule is Cc1nc2ccc(C3=C\C(=O)N4C=C(N5CCNC(C)(C)C5)C=C\C4=C/C=C/3)cc2o1. The number of nitrogens with zero attached hydrogens (tertiary/aromatic N) is 3. The van der Waals surface area contributed by atoms with Gasteiger partial charge in [0.25, 0.3) is 5.91 Å². The van der Waals surface area contributed by atoms with Crippen molar-refractivity contribution in [2.24, 2.45) is 0 Å². The van der Waals surface area contributed by atoms with E-state index in [1.165, 1.54) is 0 Å². The van der Waals surface area contributed by atoms with Crippen LogP contribution in [0.3, 0.4) is 0 Å². The van der Waals surface area contributed by atoms with E-state index < -0.39 is 0 Å². The Morgan fingerprint density at radius 2 is 2.00 bits per heavy atom. The molecule has 31 heavy (non-hydrogen) atoms. The van der Waals surface area contributed by atoms with Crippen molar-refractivity contribution in [1.82, 2.24) is 20.1 Å². The van der Waals surface area contributed by atoms with E-state index in [2.05, 4.69) is 35.1 Å². The molecule has 0 aliphatic carbocycles. The topological polar surface area (TPSA) is 61.6 Å². The van der Waals surface area contributed by atoms with Gasteiger partial charge >= 0.3 is 0 Å². The minimum atomic E-state index is -0.0734. The van der Waals surface area contributed by atoms with Crippen LogP contribution in [0.1, 0.15) is 25.3 Å². The number of nitrogens with one attached hydrogen (secondary N) is 1. The summed E-state index contributed by atoms with van der Waals surface area (Å²) in [4.78, 5) is 21.6. The number of hydrogen-bond donors (Lipinski definition) is 1. The molecular weight excluding hydrogens is 388 g/mol. The van der Waals surface area contributed by atoms with Crippen molar-refractivity contribution in [2.45, 2.75) is 26.3 Å². The second-order valence-corrected chi connectivity index (χ2v) is 8.79. The minimum Gasteiger partial charge on any atom is -0.441 e. The highest BCUT2D eigenvalue weighted by Gasteiger charge is 2.28. The summed E-state index contributed by atoms with van der Waals surface area (Å²) >= 11 is 0. The average molecular weight is 415 g/mol. The maximum atomic E-state index is 13.2. The number of benzene rings is 1. The zero-order valence-electron chi connectivity index (χ0n) is 18.1. The van der Waals surface area contributed by atoms with Crippen molar-refractivity contribution in [3.05, 3.63) is 83.7 Å². The lowest BCUT2D eigenvalue weighted by Crippen LogP contribution is -2.56. The van der Waals surface area contributed by atoms with Crippen LogP contribution in [-0.2, 0) is 4.79 Å². The van der Waals surface area contributed by atoms with E-state index in [1.807, 2.05) is 55.6 Å². The number of fused-ring (bicyclic) bond motifs is 2. The molecular formula is C25H26N4O2. The monoisotopic (exact) mass is 414 g/mol. The molecule has 0 saturated carbocycles. The highest BCUT2D eigenvalue weighted by molar-refractivity contribution is 6.00. The highest BCUT2D eigenvalue weighted by Crippen LogP contribution is 2.27. The average Bonchev–Trinajstić information content (AvgIpc) is 3.10. The van der Waals surface area contributed by atoms with Gasteiger partial charge in [0, 0.05) is 50.1 Å². The Bertz CT molecular complexity index is 1210. The van der Waals surface area contributed by atoms with Crippen LogP contribution < -0.4 is 5.32 Å². The maximum absolute atomic E-state index is 13.2. The number of aromatic nitrogens is 1. The van der Waals surface area contributed by atoms with Gasteiger partial charge in [-0.2, -0.15) is 0 Å². The van der Waals surface area contributed by atoms with E-state index in [4.69, 9.17) is 4.42 Å². The van der Waals surface area contributed by atoms with Crippen molar-refractivity contribution < 1.29 is 9.21 Å². The smallest absolute Gasteiger partial charge is 0.255 e. The van der Waals surface area contributed by atoms with E-state index in [0.717, 1.165) is 53.3 Å². The van der Waals surface area contributed by atoms with Crippen LogP contribution in [0, 0.1) is 6.92 Å². The summed E-state index contributed by atoms with van der Waals surface area (Å²) in [7, 11) is 0. The van der Waals surface area contributed by atoms with Crippen LogP contribution in [0.2, 0.25) is 0 Å². The Hall–Kier alpha value is -3.38. The third-order valence-electron chi connectivity index (χ3n) is 5.79. The normalized spacial score (nSPS) is 25.1. The first-order chi connectivity index (χ1) is 14.9. The summed E-state index contributed by atoms with van der Waals surface area (Å²) in [5.74, 6) is 0.558. The Balaban J connectivity index is 1.47. The molecule has 1 aromatic heterocycles. The fraction of sp³-hybridized carbons (Fsp3) is 0.280. The number of carbonyl (C=O) groups excluding carboxylic acids is 1. The largest absolute Gasteiger partial charge is 0.441 e. The molecule has 2 aromatic rings. The number of oxazole rings is 1. The molecule has 5 rings (SSSR count). The molecule has 1 amide bonds. The molecule has 6 nitrogen and oxygen atoms in total. The Morgan fingerprint density at radius 1 is 1.16 bits per heavy atom. The lowest BCUT2D eigenvalue weighted by atomic mass is 10.0. The van der Waals surface area contributed by atoms with Crippen molar-refractivity contribution in [3.63, 3.8) is 0 Å². The van der Waals surface area contributed by atoms with Gasteiger partial charge in [-0.15, -0.1) is 0 Å². The van der Waals surface area contributed by atoms with E-state index in [0.29, 0.717) is 5.89 Å². The second kappa shape index (κ2) is 7.39. The number of aryl methyl sites for hydroxylation is 1. The summed E-state index contributed by atoms with van der Waals surface area (Å²) in [6.07, 6.45) is 13.6. The van der Waals surface area contributed by atoms with Crippen LogP contribution in [-0.4, -0.2) is 45.9 Å². The predicted molar refractivity (Wildman–Crippen MR) is 122 cm³/mol. The molecule has 1 aromatic carbocycles. The Kier molecular flexibility index (Phi) is 4.67. The van der Waals surface area contributed by atoms with Crippen LogP contribution in [0.25, 0.3) is 16.7 Å². The molecule has 1 N–H and O–H groups in total. The molecule has 0 atom stereocenters. The van der Waals surface area contributed by atoms with Gasteiger partial charge in [-0.3, -0.25) is 9.69 Å². The molecule has 158 valence electrons. The summed E-state index contributed by atoms with van der Waals surface area (Å²) in [5, 5.41) is 3.53. The van der Waals surface area contributed by atoms with E-state index in [1.54, 1.807) is 11.0 Å². The minimum absolute atomic E-state index is 0.0385. The first-order valence-electron chi connectivity index (χ1n) is 10.6. The molecule has 0 radical (unpaired) electrons.